The third-order valence-electron chi connectivity index (χ3n) is 4.08. The molecule has 0 spiro atoms. The number of hydrogen-bond acceptors (Lipinski definition) is 3. The molecule has 3 N–H and O–H groups in total. The van der Waals surface area contributed by atoms with E-state index < -0.39 is 17.4 Å². The van der Waals surface area contributed by atoms with Crippen LogP contribution in [0.2, 0.25) is 5.02 Å². The smallest absolute Gasteiger partial charge is 0.329 e. The van der Waals surface area contributed by atoms with Crippen LogP contribution in [0.15, 0.2) is 18.2 Å². The Hall–Kier alpha value is -1.75. The summed E-state index contributed by atoms with van der Waals surface area (Å²) in [5.41, 5.74) is 5.16. The molecule has 0 radical (unpaired) electrons. The minimum Gasteiger partial charge on any atom is -0.479 e. The second-order valence-corrected chi connectivity index (χ2v) is 5.75. The zero-order valence-corrected chi connectivity index (χ0v) is 12.7. The van der Waals surface area contributed by atoms with Gasteiger partial charge in [-0.05, 0) is 31.4 Å². The first-order valence-corrected chi connectivity index (χ1v) is 7.41. The molecule has 6 heteroatoms. The predicted molar refractivity (Wildman–Crippen MR) is 81.8 cm³/mol. The van der Waals surface area contributed by atoms with E-state index >= 15 is 0 Å². The van der Waals surface area contributed by atoms with Gasteiger partial charge in [-0.2, -0.15) is 0 Å². The number of benzene rings is 1. The van der Waals surface area contributed by atoms with E-state index in [4.69, 9.17) is 17.3 Å². The minimum atomic E-state index is -0.983. The Kier molecular flexibility index (Phi) is 4.42. The zero-order valence-electron chi connectivity index (χ0n) is 11.9. The van der Waals surface area contributed by atoms with Gasteiger partial charge < -0.3 is 15.7 Å². The number of nitrogens with zero attached hydrogens (tertiary/aromatic N) is 1. The molecule has 1 aromatic rings. The van der Waals surface area contributed by atoms with Crippen molar-refractivity contribution in [1.29, 1.82) is 0 Å². The molecule has 21 heavy (non-hydrogen) atoms. The number of carboxylic acid groups (broad SMARTS) is 1. The van der Waals surface area contributed by atoms with Gasteiger partial charge in [0.05, 0.1) is 16.3 Å². The lowest BCUT2D eigenvalue weighted by atomic mass is 9.90. The van der Waals surface area contributed by atoms with Crippen molar-refractivity contribution in [2.75, 3.05) is 11.4 Å². The lowest BCUT2D eigenvalue weighted by molar-refractivity contribution is -0.143. The number of anilines is 1. The van der Waals surface area contributed by atoms with Gasteiger partial charge in [0.25, 0.3) is 5.91 Å². The van der Waals surface area contributed by atoms with E-state index in [2.05, 4.69) is 0 Å². The second-order valence-electron chi connectivity index (χ2n) is 5.34. The number of halogens is 1. The summed E-state index contributed by atoms with van der Waals surface area (Å²) in [6, 6.07) is 5.01. The van der Waals surface area contributed by atoms with Gasteiger partial charge in [-0.15, -0.1) is 0 Å². The number of rotatable bonds is 5. The van der Waals surface area contributed by atoms with Gasteiger partial charge in [0.2, 0.25) is 0 Å². The van der Waals surface area contributed by atoms with E-state index in [9.17, 15) is 14.7 Å². The molecule has 1 atom stereocenters. The molecule has 1 fully saturated rings. The van der Waals surface area contributed by atoms with Gasteiger partial charge >= 0.3 is 5.97 Å². The molecule has 1 unspecified atom stereocenters. The lowest BCUT2D eigenvalue weighted by Crippen LogP contribution is -2.51. The molecule has 0 aromatic heterocycles. The fraction of sp³-hybridized carbons (Fsp3) is 0.467. The fourth-order valence-electron chi connectivity index (χ4n) is 3.21. The third-order valence-corrected chi connectivity index (χ3v) is 4.39. The summed E-state index contributed by atoms with van der Waals surface area (Å²) in [6.07, 6.45) is 2.58. The van der Waals surface area contributed by atoms with E-state index in [0.29, 0.717) is 25.1 Å². The SMILES string of the molecule is CCCC1(C(=O)O)CCCN1c1cccc(Cl)c1C(N)=O. The highest BCUT2D eigenvalue weighted by atomic mass is 35.5. The number of aliphatic carboxylic acids is 1. The molecular weight excluding hydrogens is 292 g/mol. The normalized spacial score (nSPS) is 21.5. The maximum Gasteiger partial charge on any atom is 0.329 e. The molecule has 1 amide bonds. The highest BCUT2D eigenvalue weighted by Crippen LogP contribution is 2.40. The maximum absolute atomic E-state index is 11.9. The fourth-order valence-corrected chi connectivity index (χ4v) is 3.48. The first-order chi connectivity index (χ1) is 9.94. The van der Waals surface area contributed by atoms with Crippen molar-refractivity contribution in [3.05, 3.63) is 28.8 Å². The van der Waals surface area contributed by atoms with Crippen molar-refractivity contribution in [2.45, 2.75) is 38.1 Å². The van der Waals surface area contributed by atoms with Crippen molar-refractivity contribution >= 4 is 29.2 Å². The maximum atomic E-state index is 11.9. The molecule has 114 valence electrons. The topological polar surface area (TPSA) is 83.6 Å². The van der Waals surface area contributed by atoms with Crippen LogP contribution in [0, 0.1) is 0 Å². The van der Waals surface area contributed by atoms with Crippen LogP contribution in [0.4, 0.5) is 5.69 Å². The summed E-state index contributed by atoms with van der Waals surface area (Å²) in [6.45, 7) is 2.53. The molecule has 0 bridgehead atoms. The van der Waals surface area contributed by atoms with Crippen molar-refractivity contribution in [3.8, 4) is 0 Å². The van der Waals surface area contributed by atoms with E-state index in [-0.39, 0.29) is 10.6 Å². The summed E-state index contributed by atoms with van der Waals surface area (Å²) in [5.74, 6) is -1.50. The molecule has 1 aromatic carbocycles. The monoisotopic (exact) mass is 310 g/mol. The predicted octanol–water partition coefficient (Wildman–Crippen LogP) is 2.66. The van der Waals surface area contributed by atoms with Crippen molar-refractivity contribution < 1.29 is 14.7 Å². The van der Waals surface area contributed by atoms with Crippen LogP contribution >= 0.6 is 11.6 Å². The number of carbonyl (C=O) groups is 2. The standard InChI is InChI=1S/C15H19ClN2O3/c1-2-7-15(14(20)21)8-4-9-18(15)11-6-3-5-10(16)12(11)13(17)19/h3,5-6H,2,4,7-9H2,1H3,(H2,17,19)(H,20,21). The number of carboxylic acids is 1. The Labute approximate surface area is 128 Å². The van der Waals surface area contributed by atoms with Crippen molar-refractivity contribution in [2.24, 2.45) is 5.73 Å². The van der Waals surface area contributed by atoms with Crippen LogP contribution in [0.3, 0.4) is 0 Å². The largest absolute Gasteiger partial charge is 0.479 e. The Morgan fingerprint density at radius 2 is 2.19 bits per heavy atom. The van der Waals surface area contributed by atoms with Gasteiger partial charge in [-0.3, -0.25) is 4.79 Å². The average molecular weight is 311 g/mol. The second kappa shape index (κ2) is 5.93. The van der Waals surface area contributed by atoms with Gasteiger partial charge in [-0.25, -0.2) is 4.79 Å². The summed E-state index contributed by atoms with van der Waals surface area (Å²) in [4.78, 5) is 25.4. The van der Waals surface area contributed by atoms with Crippen LogP contribution in [0.25, 0.3) is 0 Å². The number of primary amides is 1. The molecule has 5 nitrogen and oxygen atoms in total. The van der Waals surface area contributed by atoms with E-state index in [0.717, 1.165) is 12.8 Å². The number of nitrogens with two attached hydrogens (primary N) is 1. The highest BCUT2D eigenvalue weighted by Gasteiger charge is 2.47. The third kappa shape index (κ3) is 2.58. The summed E-state index contributed by atoms with van der Waals surface area (Å²) in [7, 11) is 0. The molecule has 1 aliphatic heterocycles. The van der Waals surface area contributed by atoms with Crippen molar-refractivity contribution in [1.82, 2.24) is 0 Å². The molecule has 0 aliphatic carbocycles. The van der Waals surface area contributed by atoms with E-state index in [1.807, 2.05) is 6.92 Å². The summed E-state index contributed by atoms with van der Waals surface area (Å²) < 4.78 is 0. The van der Waals surface area contributed by atoms with Crippen LogP contribution in [0.1, 0.15) is 43.0 Å². The Balaban J connectivity index is 2.57. The first kappa shape index (κ1) is 15.6. The quantitative estimate of drug-likeness (QED) is 0.875. The lowest BCUT2D eigenvalue weighted by Gasteiger charge is -2.37. The molecular formula is C15H19ClN2O3. The Morgan fingerprint density at radius 3 is 2.76 bits per heavy atom. The van der Waals surface area contributed by atoms with Crippen LogP contribution in [-0.4, -0.2) is 29.1 Å². The molecule has 2 rings (SSSR count). The zero-order chi connectivity index (χ0) is 15.6. The van der Waals surface area contributed by atoms with Gasteiger partial charge in [0, 0.05) is 6.54 Å². The minimum absolute atomic E-state index is 0.197. The molecule has 0 saturated carbocycles. The highest BCUT2D eigenvalue weighted by molar-refractivity contribution is 6.34. The Morgan fingerprint density at radius 1 is 1.48 bits per heavy atom. The van der Waals surface area contributed by atoms with Gasteiger partial charge in [-0.1, -0.05) is 31.0 Å². The summed E-state index contributed by atoms with van der Waals surface area (Å²) >= 11 is 6.08. The average Bonchev–Trinajstić information content (AvgIpc) is 2.83. The number of carbonyl (C=O) groups excluding carboxylic acids is 1. The molecule has 1 aliphatic rings. The van der Waals surface area contributed by atoms with Crippen LogP contribution in [0.5, 0.6) is 0 Å². The van der Waals surface area contributed by atoms with Crippen LogP contribution in [-0.2, 0) is 4.79 Å². The summed E-state index contributed by atoms with van der Waals surface area (Å²) in [5, 5.41) is 9.99. The first-order valence-electron chi connectivity index (χ1n) is 7.03. The van der Waals surface area contributed by atoms with Gasteiger partial charge in [0.15, 0.2) is 0 Å². The van der Waals surface area contributed by atoms with E-state index in [1.165, 1.54) is 0 Å². The molecule has 1 heterocycles. The Bertz CT molecular complexity index is 576. The van der Waals surface area contributed by atoms with Gasteiger partial charge in [0.1, 0.15) is 5.54 Å². The van der Waals surface area contributed by atoms with E-state index in [1.54, 1.807) is 23.1 Å². The van der Waals surface area contributed by atoms with Crippen molar-refractivity contribution in [3.63, 3.8) is 0 Å². The number of hydrogen-bond donors (Lipinski definition) is 2. The van der Waals surface area contributed by atoms with Crippen LogP contribution < -0.4 is 10.6 Å². The number of amides is 1. The molecule has 1 saturated heterocycles.